The zero-order valence-electron chi connectivity index (χ0n) is 17.3. The summed E-state index contributed by atoms with van der Waals surface area (Å²) in [7, 11) is 0. The molecule has 29 heavy (non-hydrogen) atoms. The largest absolute Gasteiger partial charge is 0.370 e. The molecule has 2 bridgehead atoms. The van der Waals surface area contributed by atoms with Gasteiger partial charge in [-0.15, -0.1) is 0 Å². The van der Waals surface area contributed by atoms with Gasteiger partial charge in [-0.05, 0) is 50.3 Å². The maximum atomic E-state index is 12.2. The molecule has 2 aromatic rings. The number of carbonyl (C=O) groups is 1. The molecule has 1 N–H and O–H groups in total. The Kier molecular flexibility index (Phi) is 4.07. The molecule has 1 spiro atoms. The molecule has 1 aliphatic carbocycles. The van der Waals surface area contributed by atoms with Crippen molar-refractivity contribution >= 4 is 16.8 Å². The topological polar surface area (TPSA) is 46.5 Å². The monoisotopic (exact) mass is 393 g/mol. The van der Waals surface area contributed by atoms with E-state index in [2.05, 4.69) is 52.2 Å². The number of aryl methyl sites for hydroxylation is 1. The summed E-state index contributed by atoms with van der Waals surface area (Å²) >= 11 is 0. The zero-order chi connectivity index (χ0) is 19.6. The minimum absolute atomic E-state index is 0.0306. The Morgan fingerprint density at radius 2 is 2.17 bits per heavy atom. The highest BCUT2D eigenvalue weighted by Gasteiger charge is 2.62. The summed E-state index contributed by atoms with van der Waals surface area (Å²) in [5.41, 5.74) is 2.78. The van der Waals surface area contributed by atoms with Gasteiger partial charge >= 0.3 is 0 Å². The third kappa shape index (κ3) is 2.85. The molecule has 5 heteroatoms. The lowest BCUT2D eigenvalue weighted by Gasteiger charge is -2.29. The van der Waals surface area contributed by atoms with E-state index in [1.165, 1.54) is 22.9 Å². The molecule has 6 rings (SSSR count). The fourth-order valence-corrected chi connectivity index (χ4v) is 6.33. The smallest absolute Gasteiger partial charge is 0.223 e. The van der Waals surface area contributed by atoms with Crippen LogP contribution in [0.15, 0.2) is 30.5 Å². The van der Waals surface area contributed by atoms with Gasteiger partial charge in [0.1, 0.15) is 0 Å². The van der Waals surface area contributed by atoms with Crippen LogP contribution in [0.5, 0.6) is 0 Å². The van der Waals surface area contributed by atoms with E-state index in [-0.39, 0.29) is 11.5 Å². The van der Waals surface area contributed by atoms with Crippen LogP contribution in [0.1, 0.15) is 38.2 Å². The number of hydrogen-bond acceptors (Lipinski definition) is 3. The van der Waals surface area contributed by atoms with Gasteiger partial charge in [-0.3, -0.25) is 9.69 Å². The number of carbonyl (C=O) groups excluding carboxylic acids is 1. The normalized spacial score (nSPS) is 33.5. The van der Waals surface area contributed by atoms with Gasteiger partial charge in [0.2, 0.25) is 5.91 Å². The highest BCUT2D eigenvalue weighted by Crippen LogP contribution is 2.55. The van der Waals surface area contributed by atoms with E-state index >= 15 is 0 Å². The zero-order valence-corrected chi connectivity index (χ0v) is 17.3. The first-order valence-electron chi connectivity index (χ1n) is 11.4. The summed E-state index contributed by atoms with van der Waals surface area (Å²) < 4.78 is 8.90. The van der Waals surface area contributed by atoms with Crippen molar-refractivity contribution in [3.05, 3.63) is 36.0 Å². The minimum atomic E-state index is 0.0306. The number of benzene rings is 1. The molecule has 4 heterocycles. The molecule has 0 radical (unpaired) electrons. The Balaban J connectivity index is 1.18. The Bertz CT molecular complexity index is 949. The number of likely N-dealkylation sites (tertiary alicyclic amines) is 1. The molecule has 3 saturated heterocycles. The van der Waals surface area contributed by atoms with Gasteiger partial charge in [0.25, 0.3) is 0 Å². The predicted molar refractivity (Wildman–Crippen MR) is 112 cm³/mol. The molecule has 154 valence electrons. The number of amides is 1. The Hall–Kier alpha value is -1.85. The molecule has 4 atom stereocenters. The van der Waals surface area contributed by atoms with Crippen molar-refractivity contribution in [3.63, 3.8) is 0 Å². The Labute approximate surface area is 172 Å². The maximum Gasteiger partial charge on any atom is 0.223 e. The summed E-state index contributed by atoms with van der Waals surface area (Å²) in [6.45, 7) is 7.11. The van der Waals surface area contributed by atoms with Crippen molar-refractivity contribution in [2.75, 3.05) is 19.6 Å². The van der Waals surface area contributed by atoms with Gasteiger partial charge in [-0.25, -0.2) is 0 Å². The molecule has 4 fully saturated rings. The first-order chi connectivity index (χ1) is 14.2. The van der Waals surface area contributed by atoms with Gasteiger partial charge in [0, 0.05) is 67.6 Å². The molecule has 1 aromatic carbocycles. The standard InChI is InChI=1S/C24H31N3O2/c1-2-27-11-9-18-17(4-3-5-21(18)27)13-26-14-20-19(12-25-23(28)16-6-7-16)22-8-10-24(20,15-26)29-22/h3-5,9,11,16,19-20,22H,2,6-8,10,12-15H2,1H3,(H,25,28)/t19-,20+,22+,24+/m0/s1. The quantitative estimate of drug-likeness (QED) is 0.820. The van der Waals surface area contributed by atoms with E-state index in [1.54, 1.807) is 0 Å². The third-order valence-corrected chi connectivity index (χ3v) is 7.95. The van der Waals surface area contributed by atoms with E-state index < -0.39 is 0 Å². The van der Waals surface area contributed by atoms with Crippen LogP contribution in [0.2, 0.25) is 0 Å². The van der Waals surface area contributed by atoms with Crippen molar-refractivity contribution in [2.45, 2.75) is 57.4 Å². The fourth-order valence-electron chi connectivity index (χ4n) is 6.33. The molecule has 1 aromatic heterocycles. The first kappa shape index (κ1) is 18.0. The average molecular weight is 394 g/mol. The first-order valence-corrected chi connectivity index (χ1v) is 11.4. The highest BCUT2D eigenvalue weighted by atomic mass is 16.5. The molecule has 3 aliphatic heterocycles. The second kappa shape index (κ2) is 6.58. The number of fused-ring (bicyclic) bond motifs is 2. The molecule has 4 aliphatic rings. The lowest BCUT2D eigenvalue weighted by atomic mass is 9.73. The number of nitrogens with zero attached hydrogens (tertiary/aromatic N) is 2. The SMILES string of the molecule is CCn1ccc2c(CN3C[C@@H]4[C@H](CNC(=O)C5CC5)[C@H]5CC[C@]4(C3)O5)cccc21. The lowest BCUT2D eigenvalue weighted by molar-refractivity contribution is -0.122. The van der Waals surface area contributed by atoms with Crippen molar-refractivity contribution in [1.82, 2.24) is 14.8 Å². The summed E-state index contributed by atoms with van der Waals surface area (Å²) in [4.78, 5) is 14.7. The van der Waals surface area contributed by atoms with Crippen molar-refractivity contribution in [2.24, 2.45) is 17.8 Å². The Morgan fingerprint density at radius 1 is 1.28 bits per heavy atom. The third-order valence-electron chi connectivity index (χ3n) is 7.95. The van der Waals surface area contributed by atoms with Crippen LogP contribution in [0, 0.1) is 17.8 Å². The van der Waals surface area contributed by atoms with Crippen LogP contribution in [0.25, 0.3) is 10.9 Å². The van der Waals surface area contributed by atoms with Crippen LogP contribution >= 0.6 is 0 Å². The van der Waals surface area contributed by atoms with Crippen molar-refractivity contribution in [1.29, 1.82) is 0 Å². The Morgan fingerprint density at radius 3 is 3.00 bits per heavy atom. The average Bonchev–Trinajstić information content (AvgIpc) is 3.09. The minimum Gasteiger partial charge on any atom is -0.370 e. The summed E-state index contributed by atoms with van der Waals surface area (Å²) in [5.74, 6) is 1.59. The molecular weight excluding hydrogens is 362 g/mol. The summed E-state index contributed by atoms with van der Waals surface area (Å²) in [6, 6.07) is 8.96. The van der Waals surface area contributed by atoms with Gasteiger partial charge in [0.15, 0.2) is 0 Å². The number of ether oxygens (including phenoxy) is 1. The van der Waals surface area contributed by atoms with E-state index in [0.717, 1.165) is 52.0 Å². The molecule has 5 nitrogen and oxygen atoms in total. The van der Waals surface area contributed by atoms with Crippen LogP contribution in [-0.4, -0.2) is 46.7 Å². The van der Waals surface area contributed by atoms with Crippen LogP contribution in [0.4, 0.5) is 0 Å². The van der Waals surface area contributed by atoms with Crippen LogP contribution < -0.4 is 5.32 Å². The predicted octanol–water partition coefficient (Wildman–Crippen LogP) is 3.17. The van der Waals surface area contributed by atoms with E-state index in [4.69, 9.17) is 4.74 Å². The second-order valence-electron chi connectivity index (χ2n) is 9.67. The molecule has 1 saturated carbocycles. The maximum absolute atomic E-state index is 12.2. The van der Waals surface area contributed by atoms with Crippen molar-refractivity contribution < 1.29 is 9.53 Å². The number of hydrogen-bond donors (Lipinski definition) is 1. The van der Waals surface area contributed by atoms with E-state index in [9.17, 15) is 4.79 Å². The fraction of sp³-hybridized carbons (Fsp3) is 0.625. The summed E-state index contributed by atoms with van der Waals surface area (Å²) in [5, 5.41) is 4.62. The van der Waals surface area contributed by atoms with Gasteiger partial charge in [0.05, 0.1) is 11.7 Å². The van der Waals surface area contributed by atoms with Gasteiger partial charge < -0.3 is 14.6 Å². The summed E-state index contributed by atoms with van der Waals surface area (Å²) in [6.07, 6.45) is 7.04. The second-order valence-corrected chi connectivity index (χ2v) is 9.67. The number of nitrogens with one attached hydrogen (secondary N) is 1. The van der Waals surface area contributed by atoms with Crippen LogP contribution in [0.3, 0.4) is 0 Å². The van der Waals surface area contributed by atoms with Crippen LogP contribution in [-0.2, 0) is 22.6 Å². The van der Waals surface area contributed by atoms with E-state index in [0.29, 0.717) is 23.9 Å². The lowest BCUT2D eigenvalue weighted by Crippen LogP contribution is -2.42. The van der Waals surface area contributed by atoms with Gasteiger partial charge in [-0.2, -0.15) is 0 Å². The van der Waals surface area contributed by atoms with E-state index in [1.807, 2.05) is 0 Å². The number of rotatable bonds is 6. The number of aromatic nitrogens is 1. The highest BCUT2D eigenvalue weighted by molar-refractivity contribution is 5.83. The van der Waals surface area contributed by atoms with Crippen molar-refractivity contribution in [3.8, 4) is 0 Å². The molecular formula is C24H31N3O2. The molecule has 1 amide bonds. The molecule has 0 unspecified atom stereocenters. The van der Waals surface area contributed by atoms with Gasteiger partial charge in [-0.1, -0.05) is 12.1 Å².